The van der Waals surface area contributed by atoms with E-state index < -0.39 is 17.7 Å². The predicted octanol–water partition coefficient (Wildman–Crippen LogP) is 7.56. The van der Waals surface area contributed by atoms with Gasteiger partial charge in [-0.25, -0.2) is 9.59 Å². The molecule has 7 heteroatoms. The van der Waals surface area contributed by atoms with Crippen LogP contribution in [-0.4, -0.2) is 36.9 Å². The average molecular weight is 595 g/mol. The van der Waals surface area contributed by atoms with Gasteiger partial charge in [0.2, 0.25) is 5.76 Å². The fraction of sp³-hybridized carbons (Fsp3) is 0.556. The van der Waals surface area contributed by atoms with Gasteiger partial charge in [0.25, 0.3) is 0 Å². The number of carbonyl (C=O) groups excluding carboxylic acids is 2. The second-order valence-electron chi connectivity index (χ2n) is 12.8. The zero-order chi connectivity index (χ0) is 31.2. The summed E-state index contributed by atoms with van der Waals surface area (Å²) in [5.41, 5.74) is 2.45. The minimum absolute atomic E-state index is 0.0842. The fourth-order valence-electron chi connectivity index (χ4n) is 5.77. The molecule has 2 aromatic carbocycles. The van der Waals surface area contributed by atoms with E-state index in [2.05, 4.69) is 5.32 Å². The molecule has 43 heavy (non-hydrogen) atoms. The Kier molecular flexibility index (Phi) is 13.6. The number of nitrogens with two attached hydrogens (primary N) is 1. The summed E-state index contributed by atoms with van der Waals surface area (Å²) in [6.45, 7) is 9.17. The Hall–Kier alpha value is -3.32. The first-order valence-corrected chi connectivity index (χ1v) is 15.9. The zero-order valence-electron chi connectivity index (χ0n) is 27.1. The van der Waals surface area contributed by atoms with Gasteiger partial charge in [0, 0.05) is 0 Å². The van der Waals surface area contributed by atoms with Gasteiger partial charge in [-0.1, -0.05) is 43.2 Å². The molecule has 2 aliphatic rings. The second-order valence-corrected chi connectivity index (χ2v) is 12.8. The minimum atomic E-state index is -0.765. The fourth-order valence-corrected chi connectivity index (χ4v) is 5.77. The number of aryl methyl sites for hydroxylation is 2. The molecule has 0 radical (unpaired) electrons. The third-order valence-corrected chi connectivity index (χ3v) is 7.82. The number of rotatable bonds is 8. The summed E-state index contributed by atoms with van der Waals surface area (Å²) in [5, 5.41) is 2.72. The highest BCUT2D eigenvalue weighted by Gasteiger charge is 2.23. The first-order valence-electron chi connectivity index (χ1n) is 15.9. The number of quaternary nitrogens is 1. The summed E-state index contributed by atoms with van der Waals surface area (Å²) < 4.78 is 21.1. The number of hydrogen-bond acceptors (Lipinski definition) is 6. The summed E-state index contributed by atoms with van der Waals surface area (Å²) in [6, 6.07) is 15.1. The number of benzene rings is 2. The van der Waals surface area contributed by atoms with Crippen LogP contribution in [0, 0.1) is 13.8 Å². The van der Waals surface area contributed by atoms with Crippen molar-refractivity contribution in [2.75, 3.05) is 7.11 Å². The van der Waals surface area contributed by atoms with Crippen molar-refractivity contribution >= 4 is 18.2 Å². The minimum Gasteiger partial charge on any atom is -0.482 e. The van der Waals surface area contributed by atoms with Gasteiger partial charge in [0.1, 0.15) is 18.0 Å². The van der Waals surface area contributed by atoms with Crippen molar-refractivity contribution < 1.29 is 33.9 Å². The van der Waals surface area contributed by atoms with E-state index in [0.717, 1.165) is 34.3 Å². The van der Waals surface area contributed by atoms with Crippen LogP contribution in [0.1, 0.15) is 107 Å². The number of ether oxygens (including phenoxy) is 4. The summed E-state index contributed by atoms with van der Waals surface area (Å²) in [7, 11) is 1.30. The summed E-state index contributed by atoms with van der Waals surface area (Å²) in [5.74, 6) is -0.0671. The third kappa shape index (κ3) is 12.4. The maximum atomic E-state index is 12.2. The highest BCUT2D eigenvalue weighted by Crippen LogP contribution is 2.27. The van der Waals surface area contributed by atoms with Crippen LogP contribution in [0.15, 0.2) is 48.2 Å². The van der Waals surface area contributed by atoms with Gasteiger partial charge in [-0.05, 0) is 126 Å². The van der Waals surface area contributed by atoms with E-state index in [1.54, 1.807) is 39.0 Å². The van der Waals surface area contributed by atoms with E-state index in [-0.39, 0.29) is 12.4 Å². The van der Waals surface area contributed by atoms with Crippen molar-refractivity contribution in [3.05, 3.63) is 70.5 Å². The Bertz CT molecular complexity index is 1150. The Balaban J connectivity index is 0.000000321. The van der Waals surface area contributed by atoms with Gasteiger partial charge in [0.05, 0.1) is 19.2 Å². The van der Waals surface area contributed by atoms with Gasteiger partial charge >= 0.3 is 12.1 Å². The van der Waals surface area contributed by atoms with Crippen LogP contribution in [0.5, 0.6) is 5.75 Å². The lowest BCUT2D eigenvalue weighted by Crippen LogP contribution is -2.95. The Morgan fingerprint density at radius 3 is 1.88 bits per heavy atom. The van der Waals surface area contributed by atoms with E-state index in [1.807, 2.05) is 44.2 Å². The molecule has 0 amide bonds. The van der Waals surface area contributed by atoms with Crippen LogP contribution in [0.4, 0.5) is 4.79 Å². The van der Waals surface area contributed by atoms with Crippen LogP contribution >= 0.6 is 0 Å². The van der Waals surface area contributed by atoms with E-state index in [0.29, 0.717) is 5.75 Å². The van der Waals surface area contributed by atoms with Crippen LogP contribution in [0.25, 0.3) is 6.08 Å². The molecule has 0 atom stereocenters. The standard InChI is InChI=1S/C24H28O6.C12H23N/c1-16-12-19(13-17(2)21(16)29-23(26)30-24(3,4)5)14-20(22(25)27-6)28-15-18-10-8-7-9-11-18;1-3-7-11(8-4-1)13-12-9-5-2-6-10-12/h7-14H,15H2,1-6H3;11-13H,1-10H2/p+1/b20-14-;. The molecule has 0 unspecified atom stereocenters. The summed E-state index contributed by atoms with van der Waals surface area (Å²) in [4.78, 5) is 24.2. The molecule has 0 aliphatic heterocycles. The van der Waals surface area contributed by atoms with Gasteiger partial charge < -0.3 is 24.3 Å². The molecular weight excluding hydrogens is 542 g/mol. The molecule has 0 saturated heterocycles. The number of methoxy groups -OCH3 is 1. The van der Waals surface area contributed by atoms with Gasteiger partial charge in [0.15, 0.2) is 0 Å². The lowest BCUT2D eigenvalue weighted by atomic mass is 9.91. The van der Waals surface area contributed by atoms with E-state index in [1.165, 1.54) is 71.3 Å². The molecule has 4 rings (SSSR count). The quantitative estimate of drug-likeness (QED) is 0.147. The highest BCUT2D eigenvalue weighted by molar-refractivity contribution is 5.91. The number of esters is 1. The maximum absolute atomic E-state index is 12.2. The molecule has 2 aromatic rings. The molecule has 2 fully saturated rings. The SMILES string of the molecule is C1CCC([NH2+]C2CCCCC2)CC1.COC(=O)/C(=C/c1cc(C)c(OC(=O)OC(C)(C)C)c(C)c1)OCc1ccccc1. The van der Waals surface area contributed by atoms with Crippen LogP contribution < -0.4 is 10.1 Å². The van der Waals surface area contributed by atoms with Crippen molar-refractivity contribution in [1.29, 1.82) is 0 Å². The monoisotopic (exact) mass is 594 g/mol. The van der Waals surface area contributed by atoms with Crippen LogP contribution in [0.2, 0.25) is 0 Å². The predicted molar refractivity (Wildman–Crippen MR) is 170 cm³/mol. The molecule has 7 nitrogen and oxygen atoms in total. The number of hydrogen-bond donors (Lipinski definition) is 1. The summed E-state index contributed by atoms with van der Waals surface area (Å²) in [6.07, 6.45) is 15.8. The van der Waals surface area contributed by atoms with Crippen LogP contribution in [-0.2, 0) is 25.6 Å². The Morgan fingerprint density at radius 1 is 0.860 bits per heavy atom. The van der Waals surface area contributed by atoms with E-state index >= 15 is 0 Å². The molecule has 0 aromatic heterocycles. The molecule has 0 spiro atoms. The van der Waals surface area contributed by atoms with Crippen molar-refractivity contribution in [2.45, 2.75) is 123 Å². The summed E-state index contributed by atoms with van der Waals surface area (Å²) >= 11 is 0. The lowest BCUT2D eigenvalue weighted by molar-refractivity contribution is -0.725. The molecule has 2 saturated carbocycles. The largest absolute Gasteiger partial charge is 0.514 e. The van der Waals surface area contributed by atoms with Crippen molar-refractivity contribution in [1.82, 2.24) is 0 Å². The van der Waals surface area contributed by atoms with Gasteiger partial charge in [-0.3, -0.25) is 0 Å². The smallest absolute Gasteiger partial charge is 0.482 e. The van der Waals surface area contributed by atoms with E-state index in [4.69, 9.17) is 18.9 Å². The topological polar surface area (TPSA) is 87.7 Å². The zero-order valence-corrected chi connectivity index (χ0v) is 27.1. The molecule has 236 valence electrons. The van der Waals surface area contributed by atoms with Crippen molar-refractivity contribution in [2.24, 2.45) is 0 Å². The Morgan fingerprint density at radius 2 is 1.40 bits per heavy atom. The average Bonchev–Trinajstić information content (AvgIpc) is 2.98. The van der Waals surface area contributed by atoms with Crippen LogP contribution in [0.3, 0.4) is 0 Å². The molecular formula is C36H52NO6+. The first kappa shape index (κ1) is 34.2. The molecule has 0 bridgehead atoms. The highest BCUT2D eigenvalue weighted by atomic mass is 16.7. The Labute approximate surface area is 258 Å². The van der Waals surface area contributed by atoms with E-state index in [9.17, 15) is 9.59 Å². The normalized spacial score (nSPS) is 16.5. The molecule has 2 aliphatic carbocycles. The third-order valence-electron chi connectivity index (χ3n) is 7.82. The first-order chi connectivity index (χ1) is 20.5. The molecule has 0 heterocycles. The second kappa shape index (κ2) is 17.1. The number of carbonyl (C=O) groups is 2. The van der Waals surface area contributed by atoms with Gasteiger partial charge in [-0.15, -0.1) is 0 Å². The lowest BCUT2D eigenvalue weighted by Gasteiger charge is -2.27. The van der Waals surface area contributed by atoms with Gasteiger partial charge in [-0.2, -0.15) is 0 Å². The molecule has 2 N–H and O–H groups in total. The van der Waals surface area contributed by atoms with Crippen molar-refractivity contribution in [3.8, 4) is 5.75 Å². The van der Waals surface area contributed by atoms with Crippen molar-refractivity contribution in [3.63, 3.8) is 0 Å². The maximum Gasteiger partial charge on any atom is 0.514 e.